The van der Waals surface area contributed by atoms with Gasteiger partial charge in [0.2, 0.25) is 6.61 Å². The molecule has 164 valence electrons. The van der Waals surface area contributed by atoms with Gasteiger partial charge in [0.05, 0.1) is 0 Å². The summed E-state index contributed by atoms with van der Waals surface area (Å²) in [7, 11) is -1.81. The van der Waals surface area contributed by atoms with Crippen molar-refractivity contribution in [2.45, 2.75) is 11.4 Å². The molecule has 15 heteroatoms. The average Bonchev–Trinajstić information content (AvgIpc) is 3.05. The van der Waals surface area contributed by atoms with Crippen LogP contribution in [-0.4, -0.2) is 77.7 Å². The van der Waals surface area contributed by atoms with Crippen molar-refractivity contribution in [3.05, 3.63) is 35.0 Å². The molecular formula is C16H15N5O8S2. The Bertz CT molecular complexity index is 1050. The number of β-lactam (4-membered cyclic amide) rings is 1. The molecule has 3 aliphatic heterocycles. The number of oxime groups is 1. The second-order valence-electron chi connectivity index (χ2n) is 6.10. The Labute approximate surface area is 180 Å². The highest BCUT2D eigenvalue weighted by Gasteiger charge is 2.54. The molecule has 0 saturated carbocycles. The number of aliphatic imine (C=N–C) groups is 1. The zero-order valence-corrected chi connectivity index (χ0v) is 17.1. The molecule has 0 aromatic rings. The highest BCUT2D eigenvalue weighted by molar-refractivity contribution is 8.03. The third-order valence-corrected chi connectivity index (χ3v) is 6.43. The van der Waals surface area contributed by atoms with Gasteiger partial charge < -0.3 is 26.1 Å². The number of carboxylic acid groups (broad SMARTS) is 2. The molecule has 0 bridgehead atoms. The van der Waals surface area contributed by atoms with E-state index < -0.39 is 58.3 Å². The number of amidine groups is 1. The Morgan fingerprint density at radius 1 is 1.48 bits per heavy atom. The van der Waals surface area contributed by atoms with Gasteiger partial charge in [-0.15, -0.1) is 11.8 Å². The number of rotatable bonds is 8. The molecule has 1 unspecified atom stereocenters. The summed E-state index contributed by atoms with van der Waals surface area (Å²) in [6.45, 7) is 2.68. The van der Waals surface area contributed by atoms with Gasteiger partial charge in [-0.05, 0) is 5.57 Å². The minimum atomic E-state index is -1.81. The number of amides is 2. The first-order valence-corrected chi connectivity index (χ1v) is 10.6. The Kier molecular flexibility index (Phi) is 6.26. The maximum atomic E-state index is 12.7. The van der Waals surface area contributed by atoms with Crippen molar-refractivity contribution in [3.8, 4) is 0 Å². The molecule has 0 aromatic carbocycles. The van der Waals surface area contributed by atoms with Crippen LogP contribution in [0.1, 0.15) is 0 Å². The summed E-state index contributed by atoms with van der Waals surface area (Å²) in [6, 6.07) is -1.09. The third-order valence-electron chi connectivity index (χ3n) is 4.19. The molecule has 1 saturated heterocycles. The third kappa shape index (κ3) is 4.22. The molecule has 0 spiro atoms. The molecule has 3 atom stereocenters. The summed E-state index contributed by atoms with van der Waals surface area (Å²) in [4.78, 5) is 56.9. The molecule has 0 radical (unpaired) electrons. The Hall–Kier alpha value is -3.46. The molecular weight excluding hydrogens is 454 g/mol. The number of hydrogen-bond donors (Lipinski definition) is 4. The monoisotopic (exact) mass is 469 g/mol. The number of nitrogens with one attached hydrogen (secondary N) is 1. The van der Waals surface area contributed by atoms with Gasteiger partial charge in [0.15, 0.2) is 10.9 Å². The van der Waals surface area contributed by atoms with Crippen LogP contribution in [0.15, 0.2) is 45.2 Å². The minimum Gasteiger partial charge on any atom is -0.479 e. The maximum Gasteiger partial charge on any atom is 0.352 e. The van der Waals surface area contributed by atoms with Crippen molar-refractivity contribution >= 4 is 57.2 Å². The molecule has 2 amide bonds. The molecule has 13 nitrogen and oxygen atoms in total. The fourth-order valence-electron chi connectivity index (χ4n) is 2.83. The molecule has 3 aliphatic rings. The molecule has 3 heterocycles. The van der Waals surface area contributed by atoms with E-state index in [4.69, 9.17) is 10.8 Å². The predicted octanol–water partition coefficient (Wildman–Crippen LogP) is -1.71. The first kappa shape index (κ1) is 22.2. The van der Waals surface area contributed by atoms with E-state index in [2.05, 4.69) is 26.9 Å². The fraction of sp³-hybridized carbons (Fsp3) is 0.250. The van der Waals surface area contributed by atoms with Crippen LogP contribution in [0.25, 0.3) is 0 Å². The number of allylic oxidation sites excluding steroid dienone is 1. The van der Waals surface area contributed by atoms with Crippen molar-refractivity contribution in [2.24, 2.45) is 15.9 Å². The Morgan fingerprint density at radius 2 is 2.19 bits per heavy atom. The highest BCUT2D eigenvalue weighted by Crippen LogP contribution is 2.40. The fourth-order valence-corrected chi connectivity index (χ4v) is 4.84. The van der Waals surface area contributed by atoms with Crippen LogP contribution in [0.5, 0.6) is 0 Å². The number of carbonyl (C=O) groups excluding carboxylic acids is 2. The summed E-state index contributed by atoms with van der Waals surface area (Å²) in [5.74, 6) is -4.03. The first-order chi connectivity index (χ1) is 14.6. The summed E-state index contributed by atoms with van der Waals surface area (Å²) in [5, 5.41) is 24.0. The lowest BCUT2D eigenvalue weighted by Crippen LogP contribution is -2.71. The average molecular weight is 469 g/mol. The van der Waals surface area contributed by atoms with Gasteiger partial charge in [-0.3, -0.25) is 14.5 Å². The number of carboxylic acids is 2. The SMILES string of the molecule is C=CC1=C(C(=O)O)N2C(=O)[C@@H](NC(=O)/C(=N\OCC(=O)O)C3=CS(=O)C(N)=N3)[C@H]2SC1. The van der Waals surface area contributed by atoms with Gasteiger partial charge in [0.25, 0.3) is 11.8 Å². The molecule has 0 aromatic heterocycles. The number of thioether (sulfide) groups is 1. The van der Waals surface area contributed by atoms with Crippen LogP contribution >= 0.6 is 11.8 Å². The quantitative estimate of drug-likeness (QED) is 0.180. The smallest absolute Gasteiger partial charge is 0.352 e. The van der Waals surface area contributed by atoms with Crippen LogP contribution in [-0.2, 0) is 34.8 Å². The number of hydrogen-bond acceptors (Lipinski definition) is 10. The lowest BCUT2D eigenvalue weighted by Gasteiger charge is -2.49. The number of nitrogens with two attached hydrogens (primary N) is 1. The minimum absolute atomic E-state index is 0.209. The number of fused-ring (bicyclic) bond motifs is 1. The van der Waals surface area contributed by atoms with Gasteiger partial charge in [-0.25, -0.2) is 18.8 Å². The summed E-state index contributed by atoms with van der Waals surface area (Å²) >= 11 is 1.23. The van der Waals surface area contributed by atoms with Crippen LogP contribution in [0.4, 0.5) is 0 Å². The van der Waals surface area contributed by atoms with Crippen molar-refractivity contribution in [1.82, 2.24) is 10.2 Å². The topological polar surface area (TPSA) is 201 Å². The van der Waals surface area contributed by atoms with E-state index in [0.717, 1.165) is 10.3 Å². The number of aliphatic carboxylic acids is 2. The normalized spacial score (nSPS) is 25.2. The van der Waals surface area contributed by atoms with Gasteiger partial charge in [-0.2, -0.15) is 0 Å². The molecule has 1 fully saturated rings. The lowest BCUT2D eigenvalue weighted by atomic mass is 10.0. The molecule has 0 aliphatic carbocycles. The second kappa shape index (κ2) is 8.73. The Balaban J connectivity index is 1.81. The van der Waals surface area contributed by atoms with Gasteiger partial charge in [0.1, 0.15) is 33.6 Å². The van der Waals surface area contributed by atoms with E-state index in [9.17, 15) is 28.5 Å². The Morgan fingerprint density at radius 3 is 2.74 bits per heavy atom. The molecule has 3 rings (SSSR count). The van der Waals surface area contributed by atoms with Crippen molar-refractivity contribution in [1.29, 1.82) is 0 Å². The van der Waals surface area contributed by atoms with Gasteiger partial charge >= 0.3 is 11.9 Å². The van der Waals surface area contributed by atoms with Crippen LogP contribution in [0, 0.1) is 0 Å². The number of nitrogens with zero attached hydrogens (tertiary/aromatic N) is 3. The molecule has 31 heavy (non-hydrogen) atoms. The second-order valence-corrected chi connectivity index (χ2v) is 8.46. The maximum absolute atomic E-state index is 12.7. The summed E-state index contributed by atoms with van der Waals surface area (Å²) < 4.78 is 11.7. The summed E-state index contributed by atoms with van der Waals surface area (Å²) in [6.07, 6.45) is 1.35. The first-order valence-electron chi connectivity index (χ1n) is 8.38. The van der Waals surface area contributed by atoms with E-state index in [1.807, 2.05) is 0 Å². The van der Waals surface area contributed by atoms with E-state index in [1.54, 1.807) is 0 Å². The predicted molar refractivity (Wildman–Crippen MR) is 109 cm³/mol. The van der Waals surface area contributed by atoms with Crippen LogP contribution in [0.3, 0.4) is 0 Å². The van der Waals surface area contributed by atoms with Gasteiger partial charge in [0, 0.05) is 11.2 Å². The van der Waals surface area contributed by atoms with E-state index in [-0.39, 0.29) is 22.3 Å². The van der Waals surface area contributed by atoms with Crippen LogP contribution < -0.4 is 11.1 Å². The van der Waals surface area contributed by atoms with Crippen molar-refractivity contribution in [3.63, 3.8) is 0 Å². The zero-order chi connectivity index (χ0) is 22.9. The van der Waals surface area contributed by atoms with Crippen molar-refractivity contribution in [2.75, 3.05) is 12.4 Å². The van der Waals surface area contributed by atoms with Gasteiger partial charge in [-0.1, -0.05) is 17.8 Å². The van der Waals surface area contributed by atoms with E-state index >= 15 is 0 Å². The van der Waals surface area contributed by atoms with Crippen molar-refractivity contribution < 1.29 is 38.4 Å². The lowest BCUT2D eigenvalue weighted by molar-refractivity contribution is -0.150. The zero-order valence-electron chi connectivity index (χ0n) is 15.5. The largest absolute Gasteiger partial charge is 0.479 e. The number of carbonyl (C=O) groups is 4. The highest BCUT2D eigenvalue weighted by atomic mass is 32.2. The van der Waals surface area contributed by atoms with Crippen LogP contribution in [0.2, 0.25) is 0 Å². The molecule has 5 N–H and O–H groups in total. The van der Waals surface area contributed by atoms with E-state index in [1.165, 1.54) is 17.8 Å². The van der Waals surface area contributed by atoms with E-state index in [0.29, 0.717) is 5.57 Å². The standard InChI is InChI=1S/C16H15N5O8S2/c1-2-6-4-30-14-10(13(25)21(14)11(6)15(26)27)19-12(24)9(20-29-3-8(22)23)7-5-31(28)16(17)18-7/h2,5,10,14H,1,3-4H2,(H2,17,18)(H,19,24)(H,22,23)(H,26,27)/b20-9-/t10-,14-,31?/m1/s1. The summed E-state index contributed by atoms with van der Waals surface area (Å²) in [5.41, 5.74) is 4.85.